The molecule has 0 aliphatic heterocycles. The SMILES string of the molecule is Cl[C](Cl)(Cl)[Hg+]. The predicted octanol–water partition coefficient (Wildman–Crippen LogP) is 1.86. The van der Waals surface area contributed by atoms with Crippen molar-refractivity contribution in [2.45, 2.75) is 1.30 Å². The third kappa shape index (κ3) is 25.8. The predicted molar refractivity (Wildman–Crippen MR) is 20.3 cm³/mol. The van der Waals surface area contributed by atoms with E-state index in [1.54, 1.807) is 0 Å². The molecule has 0 spiro atoms. The van der Waals surface area contributed by atoms with E-state index >= 15 is 0 Å². The summed E-state index contributed by atoms with van der Waals surface area (Å²) < 4.78 is -0.889. The Bertz CT molecular complexity index is 22.4. The van der Waals surface area contributed by atoms with Crippen LogP contribution in [0.5, 0.6) is 0 Å². The van der Waals surface area contributed by atoms with Crippen LogP contribution in [0.15, 0.2) is 0 Å². The van der Waals surface area contributed by atoms with Gasteiger partial charge in [-0.2, -0.15) is 0 Å². The molecule has 0 fully saturated rings. The minimum absolute atomic E-state index is 0.252. The Labute approximate surface area is 61.7 Å². The van der Waals surface area contributed by atoms with Gasteiger partial charge >= 0.3 is 62.2 Å². The maximum atomic E-state index is 5.15. The summed E-state index contributed by atoms with van der Waals surface area (Å²) in [6, 6.07) is 0. The summed E-state index contributed by atoms with van der Waals surface area (Å²) in [6.07, 6.45) is 0. The Morgan fingerprint density at radius 1 is 1.20 bits per heavy atom. The Morgan fingerprint density at radius 3 is 1.20 bits per heavy atom. The van der Waals surface area contributed by atoms with Crippen LogP contribution < -0.4 is 0 Å². The molecule has 0 aliphatic rings. The van der Waals surface area contributed by atoms with Crippen molar-refractivity contribution in [2.75, 3.05) is 0 Å². The molecule has 0 atom stereocenters. The third-order valence-corrected chi connectivity index (χ3v) is 0. The van der Waals surface area contributed by atoms with E-state index in [9.17, 15) is 0 Å². The fraction of sp³-hybridized carbons (Fsp3) is 1.00. The summed E-state index contributed by atoms with van der Waals surface area (Å²) in [5.41, 5.74) is 0. The van der Waals surface area contributed by atoms with E-state index in [0.717, 1.165) is 0 Å². The van der Waals surface area contributed by atoms with Crippen molar-refractivity contribution >= 4 is 34.8 Å². The van der Waals surface area contributed by atoms with Crippen molar-refractivity contribution < 1.29 is 26.1 Å². The van der Waals surface area contributed by atoms with Gasteiger partial charge in [0.2, 0.25) is 0 Å². The van der Waals surface area contributed by atoms with E-state index in [2.05, 4.69) is 0 Å². The molecule has 0 saturated heterocycles. The summed E-state index contributed by atoms with van der Waals surface area (Å²) in [4.78, 5) is 0. The van der Waals surface area contributed by atoms with Gasteiger partial charge in [0.1, 0.15) is 0 Å². The summed E-state index contributed by atoms with van der Waals surface area (Å²) in [7, 11) is 0. The van der Waals surface area contributed by atoms with E-state index in [0.29, 0.717) is 0 Å². The topological polar surface area (TPSA) is 0 Å². The van der Waals surface area contributed by atoms with E-state index in [4.69, 9.17) is 34.8 Å². The molecule has 26 valence electrons. The van der Waals surface area contributed by atoms with Gasteiger partial charge in [-0.05, 0) is 0 Å². The molecule has 0 amide bonds. The standard InChI is InChI=1S/CCl3.Hg/c2-1(3)4;/q;+1. The van der Waals surface area contributed by atoms with Crippen LogP contribution in [-0.4, -0.2) is 1.30 Å². The van der Waals surface area contributed by atoms with Gasteiger partial charge in [-0.3, -0.25) is 0 Å². The van der Waals surface area contributed by atoms with Gasteiger partial charge in [0.15, 0.2) is 0 Å². The number of hydrogen-bond donors (Lipinski definition) is 0. The first-order valence-corrected chi connectivity index (χ1v) is 4.80. The second-order valence-electron chi connectivity index (χ2n) is 0.615. The normalized spacial score (nSPS) is 12.2. The molecule has 0 aliphatic carbocycles. The van der Waals surface area contributed by atoms with E-state index in [-0.39, 0.29) is 26.1 Å². The summed E-state index contributed by atoms with van der Waals surface area (Å²) >= 11 is 15.7. The zero-order valence-corrected chi connectivity index (χ0v) is 10.1. The van der Waals surface area contributed by atoms with Crippen LogP contribution in [0, 0.1) is 0 Å². The molecule has 0 bridgehead atoms. The van der Waals surface area contributed by atoms with Crippen LogP contribution in [0.4, 0.5) is 0 Å². The number of rotatable bonds is 0. The van der Waals surface area contributed by atoms with E-state index in [1.807, 2.05) is 0 Å². The fourth-order valence-electron chi connectivity index (χ4n) is 0. The number of alkyl halides is 3. The van der Waals surface area contributed by atoms with Gasteiger partial charge in [-0.25, -0.2) is 0 Å². The molecule has 0 saturated carbocycles. The first kappa shape index (κ1) is 6.81. The van der Waals surface area contributed by atoms with Gasteiger partial charge in [0.05, 0.1) is 0 Å². The molecule has 0 nitrogen and oxygen atoms in total. The van der Waals surface area contributed by atoms with Crippen LogP contribution in [0.2, 0.25) is 0 Å². The monoisotopic (exact) mass is 319 g/mol. The fourth-order valence-corrected chi connectivity index (χ4v) is 0. The molecular weight excluding hydrogens is 319 g/mol. The van der Waals surface area contributed by atoms with Crippen molar-refractivity contribution in [3.05, 3.63) is 0 Å². The van der Waals surface area contributed by atoms with Crippen molar-refractivity contribution in [2.24, 2.45) is 0 Å². The first-order valence-electron chi connectivity index (χ1n) is 0.921. The van der Waals surface area contributed by atoms with Gasteiger partial charge in [-0.15, -0.1) is 0 Å². The van der Waals surface area contributed by atoms with Crippen molar-refractivity contribution in [1.29, 1.82) is 0 Å². The molecule has 0 aromatic carbocycles. The molecule has 0 rings (SSSR count). The maximum absolute atomic E-state index is 5.15. The number of halogens is 3. The molecule has 5 heavy (non-hydrogen) atoms. The van der Waals surface area contributed by atoms with Crippen LogP contribution in [0.1, 0.15) is 0 Å². The zero-order valence-electron chi connectivity index (χ0n) is 2.34. The average molecular weight is 319 g/mol. The molecule has 0 radical (unpaired) electrons. The average Bonchev–Trinajstić information content (AvgIpc) is 0.722. The molecule has 0 heterocycles. The van der Waals surface area contributed by atoms with Gasteiger partial charge < -0.3 is 0 Å². The quantitative estimate of drug-likeness (QED) is 0.472. The van der Waals surface area contributed by atoms with Gasteiger partial charge in [-0.1, -0.05) is 0 Å². The molecular formula is CCl3Hg+. The second-order valence-corrected chi connectivity index (χ2v) is 12.5. The number of hydrogen-bond acceptors (Lipinski definition) is 0. The molecule has 0 aromatic heterocycles. The molecule has 0 aromatic rings. The molecule has 0 N–H and O–H groups in total. The first-order chi connectivity index (χ1) is 2.00. The van der Waals surface area contributed by atoms with Gasteiger partial charge in [0.25, 0.3) is 0 Å². The molecule has 0 unspecified atom stereocenters. The second kappa shape index (κ2) is 2.20. The minimum atomic E-state index is -0.889. The van der Waals surface area contributed by atoms with Crippen molar-refractivity contribution in [3.8, 4) is 0 Å². The Hall–Kier alpha value is 1.81. The Morgan fingerprint density at radius 2 is 1.20 bits per heavy atom. The zero-order chi connectivity index (χ0) is 4.50. The van der Waals surface area contributed by atoms with Crippen LogP contribution in [0.25, 0.3) is 0 Å². The van der Waals surface area contributed by atoms with E-state index in [1.165, 1.54) is 0 Å². The van der Waals surface area contributed by atoms with Gasteiger partial charge in [0, 0.05) is 0 Å². The van der Waals surface area contributed by atoms with Crippen LogP contribution >= 0.6 is 34.8 Å². The molecule has 4 heteroatoms. The van der Waals surface area contributed by atoms with E-state index < -0.39 is 1.30 Å². The van der Waals surface area contributed by atoms with Crippen LogP contribution in [0.3, 0.4) is 0 Å². The third-order valence-electron chi connectivity index (χ3n) is 0. The van der Waals surface area contributed by atoms with Crippen molar-refractivity contribution in [3.63, 3.8) is 0 Å². The van der Waals surface area contributed by atoms with Crippen LogP contribution in [-0.2, 0) is 26.1 Å². The Kier molecular flexibility index (Phi) is 2.99. The summed E-state index contributed by atoms with van der Waals surface area (Å²) in [5.74, 6) is 0. The Balaban J connectivity index is 3.02. The summed E-state index contributed by atoms with van der Waals surface area (Å²) in [6.45, 7) is 0. The summed E-state index contributed by atoms with van der Waals surface area (Å²) in [5, 5.41) is 0. The van der Waals surface area contributed by atoms with Crippen molar-refractivity contribution in [1.82, 2.24) is 0 Å².